The lowest BCUT2D eigenvalue weighted by Crippen LogP contribution is -2.38. The Bertz CT molecular complexity index is 945. The van der Waals surface area contributed by atoms with Crippen LogP contribution in [-0.4, -0.2) is 38.9 Å². The van der Waals surface area contributed by atoms with Crippen LogP contribution in [0.3, 0.4) is 0 Å². The number of nitrogens with one attached hydrogen (secondary N) is 1. The van der Waals surface area contributed by atoms with Crippen molar-refractivity contribution >= 4 is 33.2 Å². The standard InChI is InChI=1S/C19H20ClFN2O4S/c20-17-12-16(28(25,26)22-15-6-4-14(21)5-7-15)8-9-18(17)27-13-19(24)23-10-2-1-3-11-23/h4-9,12,22H,1-3,10-11,13H2. The number of carbonyl (C=O) groups is 1. The van der Waals surface area contributed by atoms with Crippen molar-refractivity contribution in [3.05, 3.63) is 53.3 Å². The first-order chi connectivity index (χ1) is 13.3. The minimum Gasteiger partial charge on any atom is -0.482 e. The fourth-order valence-corrected chi connectivity index (χ4v) is 4.26. The van der Waals surface area contributed by atoms with Gasteiger partial charge in [-0.15, -0.1) is 0 Å². The zero-order valence-electron chi connectivity index (χ0n) is 15.0. The Labute approximate surface area is 168 Å². The van der Waals surface area contributed by atoms with Gasteiger partial charge in [-0.25, -0.2) is 12.8 Å². The third-order valence-corrected chi connectivity index (χ3v) is 6.04. The molecule has 0 radical (unpaired) electrons. The molecule has 0 aromatic heterocycles. The van der Waals surface area contributed by atoms with E-state index in [1.165, 1.54) is 30.3 Å². The van der Waals surface area contributed by atoms with Crippen LogP contribution < -0.4 is 9.46 Å². The van der Waals surface area contributed by atoms with Gasteiger partial charge in [0, 0.05) is 18.8 Å². The van der Waals surface area contributed by atoms with Crippen LogP contribution in [0.25, 0.3) is 0 Å². The molecule has 0 atom stereocenters. The van der Waals surface area contributed by atoms with Crippen LogP contribution >= 0.6 is 11.6 Å². The Morgan fingerprint density at radius 2 is 1.79 bits per heavy atom. The number of nitrogens with zero attached hydrogens (tertiary/aromatic N) is 1. The molecule has 2 aromatic carbocycles. The summed E-state index contributed by atoms with van der Waals surface area (Å²) in [7, 11) is -3.90. The second-order valence-electron chi connectivity index (χ2n) is 6.43. The van der Waals surface area contributed by atoms with E-state index in [1.807, 2.05) is 0 Å². The van der Waals surface area contributed by atoms with Crippen molar-refractivity contribution in [2.75, 3.05) is 24.4 Å². The number of hydrogen-bond acceptors (Lipinski definition) is 4. The van der Waals surface area contributed by atoms with Crippen LogP contribution in [0.5, 0.6) is 5.75 Å². The minimum atomic E-state index is -3.90. The van der Waals surface area contributed by atoms with Crippen molar-refractivity contribution in [2.24, 2.45) is 0 Å². The number of benzene rings is 2. The fourth-order valence-electron chi connectivity index (χ4n) is 2.87. The lowest BCUT2D eigenvalue weighted by Gasteiger charge is -2.26. The van der Waals surface area contributed by atoms with Gasteiger partial charge in [-0.3, -0.25) is 9.52 Å². The summed E-state index contributed by atoms with van der Waals surface area (Å²) in [5.74, 6) is -0.357. The molecule has 1 saturated heterocycles. The summed E-state index contributed by atoms with van der Waals surface area (Å²) in [5.41, 5.74) is 0.227. The number of hydrogen-bond donors (Lipinski definition) is 1. The van der Waals surface area contributed by atoms with E-state index < -0.39 is 15.8 Å². The van der Waals surface area contributed by atoms with Gasteiger partial charge in [0.25, 0.3) is 15.9 Å². The van der Waals surface area contributed by atoms with Gasteiger partial charge in [0.1, 0.15) is 11.6 Å². The zero-order valence-corrected chi connectivity index (χ0v) is 16.6. The van der Waals surface area contributed by atoms with E-state index in [2.05, 4.69) is 4.72 Å². The Morgan fingerprint density at radius 3 is 2.43 bits per heavy atom. The molecule has 6 nitrogen and oxygen atoms in total. The topological polar surface area (TPSA) is 75.7 Å². The SMILES string of the molecule is O=C(COc1ccc(S(=O)(=O)Nc2ccc(F)cc2)cc1Cl)N1CCCCC1. The highest BCUT2D eigenvalue weighted by Gasteiger charge is 2.19. The van der Waals surface area contributed by atoms with Crippen LogP contribution in [-0.2, 0) is 14.8 Å². The monoisotopic (exact) mass is 426 g/mol. The smallest absolute Gasteiger partial charge is 0.261 e. The Morgan fingerprint density at radius 1 is 1.11 bits per heavy atom. The number of rotatable bonds is 6. The lowest BCUT2D eigenvalue weighted by atomic mass is 10.1. The zero-order chi connectivity index (χ0) is 20.1. The Kier molecular flexibility index (Phi) is 6.41. The van der Waals surface area contributed by atoms with Crippen molar-refractivity contribution in [3.63, 3.8) is 0 Å². The van der Waals surface area contributed by atoms with Gasteiger partial charge < -0.3 is 9.64 Å². The summed E-state index contributed by atoms with van der Waals surface area (Å²) < 4.78 is 45.7. The molecule has 1 aliphatic rings. The first-order valence-electron chi connectivity index (χ1n) is 8.84. The quantitative estimate of drug-likeness (QED) is 0.764. The average molecular weight is 427 g/mol. The summed E-state index contributed by atoms with van der Waals surface area (Å²) in [6.07, 6.45) is 3.10. The van der Waals surface area contributed by atoms with Gasteiger partial charge in [-0.05, 0) is 61.7 Å². The van der Waals surface area contributed by atoms with Crippen LogP contribution in [0.4, 0.5) is 10.1 Å². The summed E-state index contributed by atoms with van der Waals surface area (Å²) >= 11 is 6.14. The molecule has 1 aliphatic heterocycles. The molecule has 1 N–H and O–H groups in total. The average Bonchev–Trinajstić information content (AvgIpc) is 2.69. The van der Waals surface area contributed by atoms with E-state index in [0.717, 1.165) is 44.5 Å². The molecule has 0 aliphatic carbocycles. The number of carbonyl (C=O) groups excluding carboxylic acids is 1. The van der Waals surface area contributed by atoms with Crippen molar-refractivity contribution in [1.29, 1.82) is 0 Å². The minimum absolute atomic E-state index is 0.0727. The van der Waals surface area contributed by atoms with E-state index in [9.17, 15) is 17.6 Å². The number of amides is 1. The van der Waals surface area contributed by atoms with Crippen LogP contribution in [0.2, 0.25) is 5.02 Å². The van der Waals surface area contributed by atoms with E-state index in [-0.39, 0.29) is 33.9 Å². The normalized spacial score (nSPS) is 14.6. The maximum absolute atomic E-state index is 13.0. The van der Waals surface area contributed by atoms with Crippen LogP contribution in [0.15, 0.2) is 47.4 Å². The predicted octanol–water partition coefficient (Wildman–Crippen LogP) is 3.67. The van der Waals surface area contributed by atoms with Crippen molar-refractivity contribution in [1.82, 2.24) is 4.90 Å². The molecular formula is C19H20ClFN2O4S. The highest BCUT2D eigenvalue weighted by Crippen LogP contribution is 2.28. The lowest BCUT2D eigenvalue weighted by molar-refractivity contribution is -0.134. The molecule has 3 rings (SSSR count). The highest BCUT2D eigenvalue weighted by atomic mass is 35.5. The number of piperidine rings is 1. The number of halogens is 2. The molecule has 2 aromatic rings. The molecule has 0 unspecified atom stereocenters. The van der Waals surface area contributed by atoms with Gasteiger partial charge in [-0.1, -0.05) is 11.6 Å². The second kappa shape index (κ2) is 8.79. The van der Waals surface area contributed by atoms with Gasteiger partial charge >= 0.3 is 0 Å². The third-order valence-electron chi connectivity index (χ3n) is 4.37. The molecule has 9 heteroatoms. The maximum atomic E-state index is 13.0. The molecular weight excluding hydrogens is 407 g/mol. The number of sulfonamides is 1. The van der Waals surface area contributed by atoms with Gasteiger partial charge in [0.05, 0.1) is 9.92 Å². The van der Waals surface area contributed by atoms with E-state index in [4.69, 9.17) is 16.3 Å². The molecule has 1 heterocycles. The number of likely N-dealkylation sites (tertiary alicyclic amines) is 1. The Balaban J connectivity index is 1.65. The molecule has 28 heavy (non-hydrogen) atoms. The summed E-state index contributed by atoms with van der Waals surface area (Å²) in [5, 5.41) is 0.0772. The first kappa shape index (κ1) is 20.4. The van der Waals surface area contributed by atoms with E-state index >= 15 is 0 Å². The van der Waals surface area contributed by atoms with Crippen LogP contribution in [0, 0.1) is 5.82 Å². The largest absolute Gasteiger partial charge is 0.482 e. The molecule has 0 bridgehead atoms. The van der Waals surface area contributed by atoms with E-state index in [0.29, 0.717) is 0 Å². The molecule has 0 spiro atoms. The molecule has 1 fully saturated rings. The summed E-state index contributed by atoms with van der Waals surface area (Å²) in [6, 6.07) is 8.93. The van der Waals surface area contributed by atoms with Gasteiger partial charge in [0.2, 0.25) is 0 Å². The number of ether oxygens (including phenoxy) is 1. The van der Waals surface area contributed by atoms with Crippen molar-refractivity contribution < 1.29 is 22.3 Å². The molecule has 1 amide bonds. The molecule has 0 saturated carbocycles. The molecule has 150 valence electrons. The van der Waals surface area contributed by atoms with Gasteiger partial charge in [0.15, 0.2) is 6.61 Å². The van der Waals surface area contributed by atoms with E-state index in [1.54, 1.807) is 4.90 Å². The maximum Gasteiger partial charge on any atom is 0.261 e. The number of anilines is 1. The van der Waals surface area contributed by atoms with Crippen molar-refractivity contribution in [3.8, 4) is 5.75 Å². The summed E-state index contributed by atoms with van der Waals surface area (Å²) in [4.78, 5) is 13.8. The third kappa shape index (κ3) is 5.14. The first-order valence-corrected chi connectivity index (χ1v) is 10.7. The second-order valence-corrected chi connectivity index (χ2v) is 8.52. The van der Waals surface area contributed by atoms with Crippen molar-refractivity contribution in [2.45, 2.75) is 24.2 Å². The van der Waals surface area contributed by atoms with Gasteiger partial charge in [-0.2, -0.15) is 0 Å². The predicted molar refractivity (Wildman–Crippen MR) is 105 cm³/mol. The fraction of sp³-hybridized carbons (Fsp3) is 0.316. The highest BCUT2D eigenvalue weighted by molar-refractivity contribution is 7.92. The van der Waals surface area contributed by atoms with Crippen LogP contribution in [0.1, 0.15) is 19.3 Å². The Hall–Kier alpha value is -2.32. The summed E-state index contributed by atoms with van der Waals surface area (Å²) in [6.45, 7) is 1.30.